The first-order valence-corrected chi connectivity index (χ1v) is 21.2. The molecule has 12 rings (SSSR count). The summed E-state index contributed by atoms with van der Waals surface area (Å²) in [7, 11) is 0. The van der Waals surface area contributed by atoms with Crippen molar-refractivity contribution in [1.29, 1.82) is 0 Å². The molecule has 0 amide bonds. The Hall–Kier alpha value is -6.98. The fourth-order valence-electron chi connectivity index (χ4n) is 8.83. The normalized spacial score (nSPS) is 11.8. The molecule has 4 heteroatoms. The van der Waals surface area contributed by atoms with Crippen LogP contribution in [0.4, 0.5) is 17.1 Å². The van der Waals surface area contributed by atoms with Crippen LogP contribution in [0.5, 0.6) is 0 Å². The van der Waals surface area contributed by atoms with E-state index in [2.05, 4.69) is 205 Å². The van der Waals surface area contributed by atoms with Gasteiger partial charge >= 0.3 is 0 Å². The van der Waals surface area contributed by atoms with Gasteiger partial charge in [-0.15, -0.1) is 22.7 Å². The van der Waals surface area contributed by atoms with Crippen LogP contribution in [0, 0.1) is 0 Å². The Bertz CT molecular complexity index is 3500. The number of benzene rings is 9. The predicted molar refractivity (Wildman–Crippen MR) is 250 cm³/mol. The zero-order valence-corrected chi connectivity index (χ0v) is 32.9. The fourth-order valence-corrected chi connectivity index (χ4v) is 11.3. The van der Waals surface area contributed by atoms with Crippen LogP contribution in [0.25, 0.3) is 95.7 Å². The summed E-state index contributed by atoms with van der Waals surface area (Å²) < 4.78 is 12.3. The largest absolute Gasteiger partial charge is 0.453 e. The number of rotatable bonds is 6. The van der Waals surface area contributed by atoms with Gasteiger partial charge < -0.3 is 9.32 Å². The summed E-state index contributed by atoms with van der Waals surface area (Å²) in [6, 6.07) is 72.3. The number of para-hydroxylation sites is 2. The van der Waals surface area contributed by atoms with E-state index in [1.54, 1.807) is 0 Å². The van der Waals surface area contributed by atoms with Gasteiger partial charge in [-0.25, -0.2) is 0 Å². The van der Waals surface area contributed by atoms with Crippen LogP contribution in [0.3, 0.4) is 0 Å². The van der Waals surface area contributed by atoms with E-state index in [1.165, 1.54) is 62.6 Å². The number of hydrogen-bond donors (Lipinski definition) is 0. The molecule has 0 atom stereocenters. The van der Waals surface area contributed by atoms with E-state index in [4.69, 9.17) is 4.42 Å². The van der Waals surface area contributed by atoms with Crippen LogP contribution in [0.15, 0.2) is 205 Å². The van der Waals surface area contributed by atoms with Gasteiger partial charge in [0.2, 0.25) is 0 Å². The maximum absolute atomic E-state index is 7.02. The molecule has 0 radical (unpaired) electrons. The Morgan fingerprint density at radius 3 is 1.81 bits per heavy atom. The Morgan fingerprint density at radius 2 is 0.966 bits per heavy atom. The zero-order valence-electron chi connectivity index (χ0n) is 31.2. The molecule has 0 aliphatic heterocycles. The van der Waals surface area contributed by atoms with Crippen molar-refractivity contribution in [3.8, 4) is 33.4 Å². The highest BCUT2D eigenvalue weighted by molar-refractivity contribution is 7.29. The first kappa shape index (κ1) is 33.2. The summed E-state index contributed by atoms with van der Waals surface area (Å²) in [5, 5.41) is 7.53. The maximum atomic E-state index is 7.02. The number of nitrogens with zero attached hydrogens (tertiary/aromatic N) is 1. The monoisotopic (exact) mass is 775 g/mol. The second kappa shape index (κ2) is 13.3. The molecule has 0 bridgehead atoms. The molecule has 12 aromatic rings. The minimum atomic E-state index is 0.858. The Kier molecular flexibility index (Phi) is 7.62. The highest BCUT2D eigenvalue weighted by Crippen LogP contribution is 2.49. The molecule has 0 aliphatic rings. The van der Waals surface area contributed by atoms with E-state index in [0.29, 0.717) is 0 Å². The van der Waals surface area contributed by atoms with Gasteiger partial charge in [-0.3, -0.25) is 0 Å². The van der Waals surface area contributed by atoms with Crippen molar-refractivity contribution in [2.24, 2.45) is 0 Å². The van der Waals surface area contributed by atoms with Crippen molar-refractivity contribution in [2.75, 3.05) is 4.90 Å². The molecule has 3 heterocycles. The van der Waals surface area contributed by atoms with Gasteiger partial charge in [0.1, 0.15) is 5.58 Å². The number of furan rings is 1. The van der Waals surface area contributed by atoms with Gasteiger partial charge in [0.05, 0.1) is 5.69 Å². The van der Waals surface area contributed by atoms with Gasteiger partial charge in [0.15, 0.2) is 5.58 Å². The number of anilines is 3. The van der Waals surface area contributed by atoms with E-state index in [-0.39, 0.29) is 0 Å². The molecular weight excluding hydrogens is 743 g/mol. The average Bonchev–Trinajstić information content (AvgIpc) is 3.99. The molecule has 0 aliphatic carbocycles. The number of thiophene rings is 2. The predicted octanol–water partition coefficient (Wildman–Crippen LogP) is 16.8. The zero-order chi connectivity index (χ0) is 38.2. The van der Waals surface area contributed by atoms with Crippen LogP contribution in [-0.2, 0) is 0 Å². The second-order valence-corrected chi connectivity index (χ2v) is 16.9. The molecule has 2 nitrogen and oxygen atoms in total. The van der Waals surface area contributed by atoms with E-state index >= 15 is 0 Å². The molecule has 0 spiro atoms. The minimum absolute atomic E-state index is 0.858. The quantitative estimate of drug-likeness (QED) is 0.167. The van der Waals surface area contributed by atoms with Crippen molar-refractivity contribution >= 4 is 102 Å². The lowest BCUT2D eigenvalue weighted by atomic mass is 9.98. The molecule has 9 aromatic carbocycles. The second-order valence-electron chi connectivity index (χ2n) is 14.8. The van der Waals surface area contributed by atoms with Gasteiger partial charge in [0, 0.05) is 68.1 Å². The topological polar surface area (TPSA) is 16.4 Å². The van der Waals surface area contributed by atoms with Gasteiger partial charge in [0.25, 0.3) is 0 Å². The molecule has 58 heavy (non-hydrogen) atoms. The highest BCUT2D eigenvalue weighted by atomic mass is 32.1. The van der Waals surface area contributed by atoms with Crippen LogP contribution in [0.2, 0.25) is 0 Å². The van der Waals surface area contributed by atoms with E-state index in [9.17, 15) is 0 Å². The highest BCUT2D eigenvalue weighted by Gasteiger charge is 2.22. The molecule has 0 N–H and O–H groups in total. The lowest BCUT2D eigenvalue weighted by molar-refractivity contribution is 0.670. The Morgan fingerprint density at radius 1 is 0.345 bits per heavy atom. The SMILES string of the molecule is c1ccc(-c2ccc(N(c3cccc(-c4cccc5sc6ccc7c8ccccc8sc7c6c45)c3)c3cccc4c3oc3c(-c5ccccc5)cccc34)cc2)cc1. The van der Waals surface area contributed by atoms with Crippen molar-refractivity contribution in [2.45, 2.75) is 0 Å². The number of fused-ring (bicyclic) bond motifs is 10. The first-order chi connectivity index (χ1) is 28.8. The summed E-state index contributed by atoms with van der Waals surface area (Å²) in [6.07, 6.45) is 0. The maximum Gasteiger partial charge on any atom is 0.159 e. The third kappa shape index (κ3) is 5.23. The van der Waals surface area contributed by atoms with Crippen molar-refractivity contribution in [1.82, 2.24) is 0 Å². The van der Waals surface area contributed by atoms with Crippen LogP contribution in [-0.4, -0.2) is 0 Å². The molecule has 0 fully saturated rings. The van der Waals surface area contributed by atoms with Crippen LogP contribution < -0.4 is 4.90 Å². The van der Waals surface area contributed by atoms with Crippen LogP contribution >= 0.6 is 22.7 Å². The summed E-state index contributed by atoms with van der Waals surface area (Å²) >= 11 is 3.79. The molecule has 0 saturated carbocycles. The fraction of sp³-hybridized carbons (Fsp3) is 0. The van der Waals surface area contributed by atoms with Crippen molar-refractivity contribution in [3.05, 3.63) is 200 Å². The summed E-state index contributed by atoms with van der Waals surface area (Å²) in [6.45, 7) is 0. The minimum Gasteiger partial charge on any atom is -0.453 e. The van der Waals surface area contributed by atoms with Crippen molar-refractivity contribution < 1.29 is 4.42 Å². The molecule has 0 saturated heterocycles. The third-order valence-electron chi connectivity index (χ3n) is 11.5. The van der Waals surface area contributed by atoms with Gasteiger partial charge in [-0.1, -0.05) is 152 Å². The van der Waals surface area contributed by atoms with E-state index in [0.717, 1.165) is 50.1 Å². The molecular formula is C54H33NOS2. The van der Waals surface area contributed by atoms with Crippen LogP contribution in [0.1, 0.15) is 0 Å². The summed E-state index contributed by atoms with van der Waals surface area (Å²) in [5.74, 6) is 0. The van der Waals surface area contributed by atoms with Crippen molar-refractivity contribution in [3.63, 3.8) is 0 Å². The van der Waals surface area contributed by atoms with E-state index < -0.39 is 0 Å². The van der Waals surface area contributed by atoms with E-state index in [1.807, 2.05) is 22.7 Å². The summed E-state index contributed by atoms with van der Waals surface area (Å²) in [4.78, 5) is 2.36. The average molecular weight is 776 g/mol. The Labute approximate surface area is 343 Å². The molecule has 0 unspecified atom stereocenters. The smallest absolute Gasteiger partial charge is 0.159 e. The lowest BCUT2D eigenvalue weighted by Gasteiger charge is -2.26. The Balaban J connectivity index is 1.08. The van der Waals surface area contributed by atoms with Gasteiger partial charge in [-0.2, -0.15) is 0 Å². The number of hydrogen-bond acceptors (Lipinski definition) is 4. The lowest BCUT2D eigenvalue weighted by Crippen LogP contribution is -2.10. The van der Waals surface area contributed by atoms with Gasteiger partial charge in [-0.05, 0) is 76.3 Å². The third-order valence-corrected chi connectivity index (χ3v) is 13.8. The summed E-state index contributed by atoms with van der Waals surface area (Å²) in [5.41, 5.74) is 11.9. The first-order valence-electron chi connectivity index (χ1n) is 19.6. The standard InChI is InChI=1S/C54H33NOS2/c1-3-13-34(14-4-1)35-27-29-38(30-28-35)55(46-24-11-23-44-43-22-10-21-41(52(43)56-53(44)46)36-15-5-2-6-16-36)39-18-9-17-37(33-39)40-20-12-26-48-50(40)51-49(57-48)32-31-45-42-19-7-8-25-47(42)58-54(45)51/h1-33H. The molecule has 3 aromatic heterocycles. The molecule has 272 valence electrons.